The second kappa shape index (κ2) is 11.0. The fourth-order valence-corrected chi connectivity index (χ4v) is 4.04. The number of hydrogen-bond acceptors (Lipinski definition) is 2. The summed E-state index contributed by atoms with van der Waals surface area (Å²) in [6.45, 7) is 5.08. The highest BCUT2D eigenvalue weighted by Crippen LogP contribution is 2.34. The first-order chi connectivity index (χ1) is 14.5. The Balaban J connectivity index is 1.73. The van der Waals surface area contributed by atoms with E-state index in [2.05, 4.69) is 6.92 Å². The molecular formula is C25H31F3O2. The molecule has 0 radical (unpaired) electrons. The van der Waals surface area contributed by atoms with Crippen LogP contribution in [-0.4, -0.2) is 19.5 Å². The number of benzene rings is 2. The van der Waals surface area contributed by atoms with Crippen molar-refractivity contribution in [1.82, 2.24) is 0 Å². The topological polar surface area (TPSA) is 18.5 Å². The van der Waals surface area contributed by atoms with E-state index in [1.54, 1.807) is 12.1 Å². The van der Waals surface area contributed by atoms with Crippen LogP contribution in [0.25, 0.3) is 11.1 Å². The minimum absolute atomic E-state index is 0.0369. The molecule has 0 spiro atoms. The molecule has 1 saturated heterocycles. The van der Waals surface area contributed by atoms with Crippen molar-refractivity contribution in [3.8, 4) is 11.1 Å². The summed E-state index contributed by atoms with van der Waals surface area (Å²) in [6.07, 6.45) is 5.86. The van der Waals surface area contributed by atoms with Gasteiger partial charge in [-0.05, 0) is 49.8 Å². The van der Waals surface area contributed by atoms with Gasteiger partial charge in [-0.15, -0.1) is 0 Å². The summed E-state index contributed by atoms with van der Waals surface area (Å²) in [5.74, 6) is -2.32. The Kier molecular flexibility index (Phi) is 8.34. The first-order valence-corrected chi connectivity index (χ1v) is 11.0. The quantitative estimate of drug-likeness (QED) is 0.401. The standard InChI is InChI=1S/C25H31F3O2/c1-3-5-6-7-8-17-9-13-21(25(28)24(17)27)20-12-10-18(15-22(20)26)19-11-14-23(29-4-2)30-16-19/h9-10,12-13,15,19,23H,3-8,11,14,16H2,1-2H3. The van der Waals surface area contributed by atoms with Crippen molar-refractivity contribution in [2.45, 2.75) is 71.0 Å². The SMILES string of the molecule is CCCCCCc1ccc(-c2ccc(C3CCC(OCC)OC3)cc2F)c(F)c1F. The third kappa shape index (κ3) is 5.44. The van der Waals surface area contributed by atoms with Gasteiger partial charge in [-0.2, -0.15) is 0 Å². The zero-order valence-corrected chi connectivity index (χ0v) is 17.9. The van der Waals surface area contributed by atoms with E-state index in [9.17, 15) is 13.2 Å². The molecule has 0 N–H and O–H groups in total. The van der Waals surface area contributed by atoms with E-state index < -0.39 is 17.5 Å². The van der Waals surface area contributed by atoms with E-state index in [4.69, 9.17) is 9.47 Å². The van der Waals surface area contributed by atoms with Gasteiger partial charge < -0.3 is 9.47 Å². The first-order valence-electron chi connectivity index (χ1n) is 11.0. The van der Waals surface area contributed by atoms with Crippen LogP contribution >= 0.6 is 0 Å². The lowest BCUT2D eigenvalue weighted by atomic mass is 9.91. The number of hydrogen-bond donors (Lipinski definition) is 0. The van der Waals surface area contributed by atoms with Gasteiger partial charge in [0, 0.05) is 23.7 Å². The van der Waals surface area contributed by atoms with Gasteiger partial charge in [-0.1, -0.05) is 50.5 Å². The Morgan fingerprint density at radius 3 is 2.40 bits per heavy atom. The molecule has 0 amide bonds. The summed E-state index contributed by atoms with van der Waals surface area (Å²) in [7, 11) is 0. The van der Waals surface area contributed by atoms with Crippen molar-refractivity contribution >= 4 is 0 Å². The van der Waals surface area contributed by atoms with Gasteiger partial charge in [0.2, 0.25) is 0 Å². The van der Waals surface area contributed by atoms with Crippen LogP contribution in [-0.2, 0) is 15.9 Å². The Morgan fingerprint density at radius 1 is 0.933 bits per heavy atom. The molecule has 164 valence electrons. The second-order valence-corrected chi connectivity index (χ2v) is 7.94. The number of aryl methyl sites for hydroxylation is 1. The molecule has 2 unspecified atom stereocenters. The third-order valence-corrected chi connectivity index (χ3v) is 5.80. The van der Waals surface area contributed by atoms with E-state index in [1.165, 1.54) is 18.2 Å². The number of rotatable bonds is 9. The van der Waals surface area contributed by atoms with Gasteiger partial charge in [0.1, 0.15) is 5.82 Å². The van der Waals surface area contributed by atoms with E-state index in [-0.39, 0.29) is 23.3 Å². The highest BCUT2D eigenvalue weighted by Gasteiger charge is 2.24. The van der Waals surface area contributed by atoms with Crippen molar-refractivity contribution in [3.63, 3.8) is 0 Å². The van der Waals surface area contributed by atoms with Gasteiger partial charge in [0.15, 0.2) is 17.9 Å². The van der Waals surface area contributed by atoms with Crippen molar-refractivity contribution in [2.24, 2.45) is 0 Å². The van der Waals surface area contributed by atoms with Crippen LogP contribution in [0.3, 0.4) is 0 Å². The molecule has 2 aromatic rings. The van der Waals surface area contributed by atoms with Crippen LogP contribution < -0.4 is 0 Å². The molecular weight excluding hydrogens is 389 g/mol. The molecule has 1 aliphatic heterocycles. The van der Waals surface area contributed by atoms with Gasteiger partial charge in [0.05, 0.1) is 6.61 Å². The molecule has 30 heavy (non-hydrogen) atoms. The maximum atomic E-state index is 14.8. The van der Waals surface area contributed by atoms with E-state index in [1.807, 2.05) is 6.92 Å². The molecule has 5 heteroatoms. The van der Waals surface area contributed by atoms with Crippen LogP contribution in [0.4, 0.5) is 13.2 Å². The average Bonchev–Trinajstić information content (AvgIpc) is 2.75. The number of unbranched alkanes of at least 4 members (excludes halogenated alkanes) is 3. The largest absolute Gasteiger partial charge is 0.353 e. The smallest absolute Gasteiger partial charge is 0.167 e. The van der Waals surface area contributed by atoms with Crippen molar-refractivity contribution in [1.29, 1.82) is 0 Å². The third-order valence-electron chi connectivity index (χ3n) is 5.80. The molecule has 0 aliphatic carbocycles. The van der Waals surface area contributed by atoms with Crippen molar-refractivity contribution in [3.05, 3.63) is 58.9 Å². The summed E-state index contributed by atoms with van der Waals surface area (Å²) in [5, 5.41) is 0. The van der Waals surface area contributed by atoms with Crippen LogP contribution in [0.15, 0.2) is 30.3 Å². The molecule has 0 bridgehead atoms. The van der Waals surface area contributed by atoms with E-state index >= 15 is 0 Å². The molecule has 1 fully saturated rings. The lowest BCUT2D eigenvalue weighted by Crippen LogP contribution is -2.27. The summed E-state index contributed by atoms with van der Waals surface area (Å²) >= 11 is 0. The molecule has 2 aromatic carbocycles. The van der Waals surface area contributed by atoms with Gasteiger partial charge in [-0.3, -0.25) is 0 Å². The molecule has 0 saturated carbocycles. The normalized spacial score (nSPS) is 19.2. The molecule has 2 nitrogen and oxygen atoms in total. The lowest BCUT2D eigenvalue weighted by Gasteiger charge is -2.29. The minimum Gasteiger partial charge on any atom is -0.353 e. The fraction of sp³-hybridized carbons (Fsp3) is 0.520. The zero-order chi connectivity index (χ0) is 21.5. The van der Waals surface area contributed by atoms with E-state index in [0.717, 1.165) is 44.1 Å². The van der Waals surface area contributed by atoms with Crippen molar-refractivity contribution < 1.29 is 22.6 Å². The number of ether oxygens (including phenoxy) is 2. The highest BCUT2D eigenvalue weighted by atomic mass is 19.2. The predicted octanol–water partition coefficient (Wildman–Crippen LogP) is 7.15. The van der Waals surface area contributed by atoms with Crippen molar-refractivity contribution in [2.75, 3.05) is 13.2 Å². The molecule has 1 heterocycles. The first kappa shape index (κ1) is 22.8. The summed E-state index contributed by atoms with van der Waals surface area (Å²) in [5.41, 5.74) is 1.20. The maximum Gasteiger partial charge on any atom is 0.167 e. The summed E-state index contributed by atoms with van der Waals surface area (Å²) in [4.78, 5) is 0. The zero-order valence-electron chi connectivity index (χ0n) is 17.9. The fourth-order valence-electron chi connectivity index (χ4n) is 4.04. The Hall–Kier alpha value is -1.85. The average molecular weight is 421 g/mol. The Bertz CT molecular complexity index is 829. The molecule has 0 aromatic heterocycles. The molecule has 1 aliphatic rings. The van der Waals surface area contributed by atoms with Crippen LogP contribution in [0.2, 0.25) is 0 Å². The summed E-state index contributed by atoms with van der Waals surface area (Å²) in [6, 6.07) is 7.81. The highest BCUT2D eigenvalue weighted by molar-refractivity contribution is 5.66. The number of halogens is 3. The minimum atomic E-state index is -0.977. The van der Waals surface area contributed by atoms with E-state index in [0.29, 0.717) is 25.2 Å². The summed E-state index contributed by atoms with van der Waals surface area (Å²) < 4.78 is 55.2. The van der Waals surface area contributed by atoms with Crippen LogP contribution in [0.1, 0.15) is 69.4 Å². The van der Waals surface area contributed by atoms with Gasteiger partial charge >= 0.3 is 0 Å². The lowest BCUT2D eigenvalue weighted by molar-refractivity contribution is -0.164. The van der Waals surface area contributed by atoms with Crippen LogP contribution in [0, 0.1) is 17.5 Å². The monoisotopic (exact) mass is 420 g/mol. The van der Waals surface area contributed by atoms with Crippen LogP contribution in [0.5, 0.6) is 0 Å². The predicted molar refractivity (Wildman–Crippen MR) is 113 cm³/mol. The maximum absolute atomic E-state index is 14.8. The Labute approximate surface area is 177 Å². The van der Waals surface area contributed by atoms with Gasteiger partial charge in [0.25, 0.3) is 0 Å². The second-order valence-electron chi connectivity index (χ2n) is 7.94. The molecule has 2 atom stereocenters. The Morgan fingerprint density at radius 2 is 1.73 bits per heavy atom. The van der Waals surface area contributed by atoms with Gasteiger partial charge in [-0.25, -0.2) is 13.2 Å². The molecule has 3 rings (SSSR count).